The van der Waals surface area contributed by atoms with E-state index in [0.717, 1.165) is 5.56 Å². The van der Waals surface area contributed by atoms with E-state index in [2.05, 4.69) is 5.32 Å². The molecule has 19 heavy (non-hydrogen) atoms. The van der Waals surface area contributed by atoms with E-state index in [1.807, 2.05) is 18.4 Å². The Labute approximate surface area is 123 Å². The van der Waals surface area contributed by atoms with E-state index in [4.69, 9.17) is 11.6 Å². The number of carbonyl (C=O) groups excluding carboxylic acids is 1. The molecule has 0 aliphatic heterocycles. The van der Waals surface area contributed by atoms with E-state index in [1.165, 1.54) is 17.8 Å². The van der Waals surface area contributed by atoms with Crippen molar-refractivity contribution in [2.24, 2.45) is 0 Å². The van der Waals surface area contributed by atoms with Gasteiger partial charge in [-0.15, -0.1) is 0 Å². The van der Waals surface area contributed by atoms with Crippen molar-refractivity contribution in [3.63, 3.8) is 0 Å². The lowest BCUT2D eigenvalue weighted by atomic mass is 10.1. The van der Waals surface area contributed by atoms with Crippen molar-refractivity contribution in [1.82, 2.24) is 5.32 Å². The smallest absolute Gasteiger partial charge is 0.244 e. The molecule has 104 valence electrons. The Morgan fingerprint density at radius 3 is 2.68 bits per heavy atom. The van der Waals surface area contributed by atoms with Gasteiger partial charge in [0.1, 0.15) is 0 Å². The molecule has 3 nitrogen and oxygen atoms in total. The monoisotopic (exact) mass is 299 g/mol. The van der Waals surface area contributed by atoms with Crippen LogP contribution in [0.4, 0.5) is 0 Å². The van der Waals surface area contributed by atoms with Gasteiger partial charge in [0.25, 0.3) is 0 Å². The molecule has 1 atom stereocenters. The zero-order valence-electron chi connectivity index (χ0n) is 11.0. The second-order valence-electron chi connectivity index (χ2n) is 4.53. The molecule has 0 aromatic heterocycles. The standard InChI is InChI=1S/C14H18ClNO2S/c1-14(18,10-19-2)9-16-13(17)8-5-11-3-6-12(15)7-4-11/h3-8,18H,9-10H2,1-2H3,(H,16,17)/b8-5+. The highest BCUT2D eigenvalue weighted by atomic mass is 35.5. The maximum Gasteiger partial charge on any atom is 0.244 e. The minimum Gasteiger partial charge on any atom is -0.387 e. The van der Waals surface area contributed by atoms with Crippen molar-refractivity contribution in [1.29, 1.82) is 0 Å². The highest BCUT2D eigenvalue weighted by Crippen LogP contribution is 2.11. The number of hydrogen-bond acceptors (Lipinski definition) is 3. The van der Waals surface area contributed by atoms with Crippen LogP contribution in [0.2, 0.25) is 5.02 Å². The van der Waals surface area contributed by atoms with Gasteiger partial charge in [0.15, 0.2) is 0 Å². The summed E-state index contributed by atoms with van der Waals surface area (Å²) < 4.78 is 0. The van der Waals surface area contributed by atoms with Gasteiger partial charge in [0.2, 0.25) is 5.91 Å². The van der Waals surface area contributed by atoms with Gasteiger partial charge in [0, 0.05) is 23.4 Å². The Bertz CT molecular complexity index is 443. The SMILES string of the molecule is CSCC(C)(O)CNC(=O)/C=C/c1ccc(Cl)cc1. The summed E-state index contributed by atoms with van der Waals surface area (Å²) in [6.45, 7) is 1.93. The predicted octanol–water partition coefficient (Wildman–Crippen LogP) is 2.58. The van der Waals surface area contributed by atoms with E-state index in [0.29, 0.717) is 10.8 Å². The van der Waals surface area contributed by atoms with E-state index in [9.17, 15) is 9.90 Å². The fourth-order valence-electron chi connectivity index (χ4n) is 1.44. The van der Waals surface area contributed by atoms with Gasteiger partial charge in [-0.1, -0.05) is 23.7 Å². The van der Waals surface area contributed by atoms with E-state index < -0.39 is 5.60 Å². The molecular weight excluding hydrogens is 282 g/mol. The summed E-state index contributed by atoms with van der Waals surface area (Å²) in [7, 11) is 0. The van der Waals surface area contributed by atoms with Crippen molar-refractivity contribution >= 4 is 35.3 Å². The zero-order valence-corrected chi connectivity index (χ0v) is 12.6. The first-order valence-electron chi connectivity index (χ1n) is 5.86. The van der Waals surface area contributed by atoms with Crippen molar-refractivity contribution in [3.8, 4) is 0 Å². The van der Waals surface area contributed by atoms with Crippen LogP contribution in [0.5, 0.6) is 0 Å². The summed E-state index contributed by atoms with van der Waals surface area (Å²) in [5.41, 5.74) is 0.0128. The van der Waals surface area contributed by atoms with Crippen molar-refractivity contribution < 1.29 is 9.90 Å². The van der Waals surface area contributed by atoms with E-state index >= 15 is 0 Å². The Morgan fingerprint density at radius 1 is 1.47 bits per heavy atom. The first kappa shape index (κ1) is 16.1. The predicted molar refractivity (Wildman–Crippen MR) is 82.5 cm³/mol. The lowest BCUT2D eigenvalue weighted by Crippen LogP contribution is -2.41. The molecule has 1 aromatic carbocycles. The quantitative estimate of drug-likeness (QED) is 0.794. The minimum absolute atomic E-state index is 0.226. The van der Waals surface area contributed by atoms with Crippen molar-refractivity contribution in [2.45, 2.75) is 12.5 Å². The summed E-state index contributed by atoms with van der Waals surface area (Å²) in [6, 6.07) is 7.19. The molecule has 0 bridgehead atoms. The molecule has 0 fully saturated rings. The average Bonchev–Trinajstić information content (AvgIpc) is 2.36. The van der Waals surface area contributed by atoms with Gasteiger partial charge in [-0.3, -0.25) is 4.79 Å². The molecule has 0 saturated carbocycles. The number of aliphatic hydroxyl groups is 1. The molecule has 1 aromatic rings. The third-order valence-electron chi connectivity index (χ3n) is 2.40. The normalized spacial score (nSPS) is 14.3. The van der Waals surface area contributed by atoms with Crippen LogP contribution in [-0.2, 0) is 4.79 Å². The van der Waals surface area contributed by atoms with Crippen LogP contribution in [0.3, 0.4) is 0 Å². The van der Waals surface area contributed by atoms with E-state index in [-0.39, 0.29) is 12.5 Å². The largest absolute Gasteiger partial charge is 0.387 e. The highest BCUT2D eigenvalue weighted by Gasteiger charge is 2.19. The number of carbonyl (C=O) groups is 1. The third-order valence-corrected chi connectivity index (χ3v) is 3.56. The third kappa shape index (κ3) is 6.66. The molecule has 0 aliphatic rings. The molecule has 1 rings (SSSR count). The topological polar surface area (TPSA) is 49.3 Å². The van der Waals surface area contributed by atoms with Crippen LogP contribution in [-0.4, -0.2) is 35.2 Å². The maximum atomic E-state index is 11.6. The molecule has 0 aliphatic carbocycles. The van der Waals surface area contributed by atoms with Crippen LogP contribution in [0.15, 0.2) is 30.3 Å². The second-order valence-corrected chi connectivity index (χ2v) is 5.84. The van der Waals surface area contributed by atoms with Crippen molar-refractivity contribution in [2.75, 3.05) is 18.6 Å². The maximum absolute atomic E-state index is 11.6. The molecular formula is C14H18ClNO2S. The van der Waals surface area contributed by atoms with Gasteiger partial charge in [-0.05, 0) is 37.0 Å². The second kappa shape index (κ2) is 7.58. The molecule has 2 N–H and O–H groups in total. The van der Waals surface area contributed by atoms with Crippen LogP contribution in [0.25, 0.3) is 6.08 Å². The summed E-state index contributed by atoms with van der Waals surface area (Å²) in [5.74, 6) is 0.352. The molecule has 1 amide bonds. The fraction of sp³-hybridized carbons (Fsp3) is 0.357. The minimum atomic E-state index is -0.886. The first-order chi connectivity index (χ1) is 8.93. The molecule has 0 radical (unpaired) electrons. The fourth-order valence-corrected chi connectivity index (χ4v) is 2.29. The van der Waals surface area contributed by atoms with Crippen LogP contribution in [0.1, 0.15) is 12.5 Å². The number of thioether (sulfide) groups is 1. The summed E-state index contributed by atoms with van der Waals surface area (Å²) in [6.07, 6.45) is 5.06. The summed E-state index contributed by atoms with van der Waals surface area (Å²) in [5, 5.41) is 13.2. The Hall–Kier alpha value is -0.970. The Morgan fingerprint density at radius 2 is 2.11 bits per heavy atom. The Kier molecular flexibility index (Phi) is 6.42. The van der Waals surface area contributed by atoms with Crippen LogP contribution in [0, 0.1) is 0 Å². The summed E-state index contributed by atoms with van der Waals surface area (Å²) >= 11 is 7.31. The lowest BCUT2D eigenvalue weighted by Gasteiger charge is -2.21. The number of nitrogens with one attached hydrogen (secondary N) is 1. The Balaban J connectivity index is 2.45. The highest BCUT2D eigenvalue weighted by molar-refractivity contribution is 7.98. The van der Waals surface area contributed by atoms with Crippen LogP contribution >= 0.6 is 23.4 Å². The number of halogens is 1. The number of benzene rings is 1. The van der Waals surface area contributed by atoms with Crippen molar-refractivity contribution in [3.05, 3.63) is 40.9 Å². The molecule has 1 unspecified atom stereocenters. The van der Waals surface area contributed by atoms with Gasteiger partial charge in [-0.25, -0.2) is 0 Å². The van der Waals surface area contributed by atoms with Gasteiger partial charge in [0.05, 0.1) is 5.60 Å². The number of hydrogen-bond donors (Lipinski definition) is 2. The molecule has 5 heteroatoms. The molecule has 0 heterocycles. The molecule has 0 spiro atoms. The van der Waals surface area contributed by atoms with E-state index in [1.54, 1.807) is 25.1 Å². The van der Waals surface area contributed by atoms with Gasteiger partial charge < -0.3 is 10.4 Å². The van der Waals surface area contributed by atoms with Gasteiger partial charge in [-0.2, -0.15) is 11.8 Å². The van der Waals surface area contributed by atoms with Gasteiger partial charge >= 0.3 is 0 Å². The number of rotatable bonds is 6. The first-order valence-corrected chi connectivity index (χ1v) is 7.63. The number of amides is 1. The van der Waals surface area contributed by atoms with Crippen LogP contribution < -0.4 is 5.32 Å². The zero-order chi connectivity index (χ0) is 14.3. The average molecular weight is 300 g/mol. The summed E-state index contributed by atoms with van der Waals surface area (Å²) in [4.78, 5) is 11.6. The molecule has 0 saturated heterocycles. The lowest BCUT2D eigenvalue weighted by molar-refractivity contribution is -0.117.